The van der Waals surface area contributed by atoms with Crippen molar-refractivity contribution in [1.82, 2.24) is 24.6 Å². The van der Waals surface area contributed by atoms with E-state index >= 15 is 0 Å². The van der Waals surface area contributed by atoms with E-state index in [2.05, 4.69) is 31.6 Å². The summed E-state index contributed by atoms with van der Waals surface area (Å²) in [6.45, 7) is 7.18. The maximum absolute atomic E-state index is 13.4. The summed E-state index contributed by atoms with van der Waals surface area (Å²) in [4.78, 5) is 4.77. The zero-order valence-corrected chi connectivity index (χ0v) is 16.0. The maximum atomic E-state index is 13.4. The molecule has 0 N–H and O–H groups in total. The fourth-order valence-electron chi connectivity index (χ4n) is 4.07. The van der Waals surface area contributed by atoms with Gasteiger partial charge in [0.25, 0.3) is 0 Å². The summed E-state index contributed by atoms with van der Waals surface area (Å²) in [5.41, 5.74) is 1.04. The van der Waals surface area contributed by atoms with E-state index in [0.29, 0.717) is 5.92 Å². The third kappa shape index (κ3) is 4.54. The molecule has 4 rings (SSSR count). The van der Waals surface area contributed by atoms with Gasteiger partial charge < -0.3 is 9.30 Å². The lowest BCUT2D eigenvalue weighted by atomic mass is 9.95. The van der Waals surface area contributed by atoms with E-state index in [1.165, 1.54) is 6.07 Å². The molecule has 6 nitrogen and oxygen atoms in total. The summed E-state index contributed by atoms with van der Waals surface area (Å²) >= 11 is 0. The normalized spacial score (nSPS) is 20.2. The molecule has 0 aliphatic carbocycles. The van der Waals surface area contributed by atoms with Crippen molar-refractivity contribution in [2.45, 2.75) is 31.8 Å². The second-order valence-electron chi connectivity index (χ2n) is 7.60. The van der Waals surface area contributed by atoms with E-state index in [-0.39, 0.29) is 5.82 Å². The van der Waals surface area contributed by atoms with Crippen LogP contribution < -0.4 is 0 Å². The van der Waals surface area contributed by atoms with Gasteiger partial charge in [-0.1, -0.05) is 12.1 Å². The molecule has 0 unspecified atom stereocenters. The molecule has 1 aromatic heterocycles. The summed E-state index contributed by atoms with van der Waals surface area (Å²) in [6, 6.07) is 6.91. The van der Waals surface area contributed by atoms with Crippen molar-refractivity contribution < 1.29 is 9.13 Å². The molecule has 0 atom stereocenters. The summed E-state index contributed by atoms with van der Waals surface area (Å²) < 4.78 is 21.0. The van der Waals surface area contributed by atoms with Gasteiger partial charge in [-0.05, 0) is 43.6 Å². The number of morpholine rings is 1. The number of halogens is 1. The Morgan fingerprint density at radius 3 is 2.52 bits per heavy atom. The standard InChI is InChI=1S/C20H28FN5O/c1-24-19(15-26-9-11-27-12-10-26)22-23-20(24)17-5-7-25(8-6-17)14-16-3-2-4-18(21)13-16/h2-4,13,17H,5-12,14-15H2,1H3. The number of likely N-dealkylation sites (tertiary alicyclic amines) is 1. The van der Waals surface area contributed by atoms with Crippen LogP contribution in [0.3, 0.4) is 0 Å². The third-order valence-electron chi connectivity index (χ3n) is 5.72. The molecule has 0 radical (unpaired) electrons. The maximum Gasteiger partial charge on any atom is 0.146 e. The molecule has 7 heteroatoms. The largest absolute Gasteiger partial charge is 0.379 e. The van der Waals surface area contributed by atoms with Gasteiger partial charge in [-0.15, -0.1) is 10.2 Å². The lowest BCUT2D eigenvalue weighted by Gasteiger charge is -2.31. The number of ether oxygens (including phenoxy) is 1. The Morgan fingerprint density at radius 1 is 1.04 bits per heavy atom. The lowest BCUT2D eigenvalue weighted by Crippen LogP contribution is -2.36. The number of hydrogen-bond acceptors (Lipinski definition) is 5. The number of hydrogen-bond donors (Lipinski definition) is 0. The molecule has 2 saturated heterocycles. The van der Waals surface area contributed by atoms with Gasteiger partial charge in [-0.3, -0.25) is 9.80 Å². The van der Waals surface area contributed by atoms with E-state index in [0.717, 1.165) is 82.5 Å². The highest BCUT2D eigenvalue weighted by Gasteiger charge is 2.26. The van der Waals surface area contributed by atoms with E-state index in [9.17, 15) is 4.39 Å². The van der Waals surface area contributed by atoms with Crippen molar-refractivity contribution in [2.75, 3.05) is 39.4 Å². The van der Waals surface area contributed by atoms with Gasteiger partial charge in [-0.25, -0.2) is 4.39 Å². The Morgan fingerprint density at radius 2 is 1.78 bits per heavy atom. The minimum atomic E-state index is -0.158. The second-order valence-corrected chi connectivity index (χ2v) is 7.60. The summed E-state index contributed by atoms with van der Waals surface area (Å²) in [7, 11) is 2.09. The fraction of sp³-hybridized carbons (Fsp3) is 0.600. The van der Waals surface area contributed by atoms with Crippen molar-refractivity contribution in [1.29, 1.82) is 0 Å². The predicted molar refractivity (Wildman–Crippen MR) is 101 cm³/mol. The number of benzene rings is 1. The van der Waals surface area contributed by atoms with Gasteiger partial charge in [0.2, 0.25) is 0 Å². The average Bonchev–Trinajstić information content (AvgIpc) is 3.04. The van der Waals surface area contributed by atoms with E-state index in [4.69, 9.17) is 4.74 Å². The summed E-state index contributed by atoms with van der Waals surface area (Å²) in [6.07, 6.45) is 2.14. The molecule has 27 heavy (non-hydrogen) atoms. The van der Waals surface area contributed by atoms with Gasteiger partial charge in [-0.2, -0.15) is 0 Å². The minimum Gasteiger partial charge on any atom is -0.379 e. The quantitative estimate of drug-likeness (QED) is 0.804. The Kier molecular flexibility index (Phi) is 5.80. The number of nitrogens with zero attached hydrogens (tertiary/aromatic N) is 5. The first-order valence-corrected chi connectivity index (χ1v) is 9.84. The first-order valence-electron chi connectivity index (χ1n) is 9.84. The van der Waals surface area contributed by atoms with Crippen LogP contribution in [0.25, 0.3) is 0 Å². The van der Waals surface area contributed by atoms with Crippen molar-refractivity contribution in [3.63, 3.8) is 0 Å². The number of piperidine rings is 1. The molecule has 1 aromatic carbocycles. The lowest BCUT2D eigenvalue weighted by molar-refractivity contribution is 0.0326. The molecule has 2 aliphatic heterocycles. The molecule has 2 aliphatic rings. The average molecular weight is 373 g/mol. The van der Waals surface area contributed by atoms with Crippen molar-refractivity contribution in [3.8, 4) is 0 Å². The molecular weight excluding hydrogens is 345 g/mol. The highest BCUT2D eigenvalue weighted by atomic mass is 19.1. The van der Waals surface area contributed by atoms with Crippen LogP contribution in [0.15, 0.2) is 24.3 Å². The van der Waals surface area contributed by atoms with Crippen molar-refractivity contribution in [2.24, 2.45) is 7.05 Å². The van der Waals surface area contributed by atoms with E-state index < -0.39 is 0 Å². The SMILES string of the molecule is Cn1c(CN2CCOCC2)nnc1C1CCN(Cc2cccc(F)c2)CC1. The van der Waals surface area contributed by atoms with E-state index in [1.54, 1.807) is 12.1 Å². The summed E-state index contributed by atoms with van der Waals surface area (Å²) in [5.74, 6) is 2.43. The van der Waals surface area contributed by atoms with Gasteiger partial charge >= 0.3 is 0 Å². The van der Waals surface area contributed by atoms with Crippen LogP contribution in [-0.4, -0.2) is 64.0 Å². The Bertz CT molecular complexity index is 751. The molecule has 0 spiro atoms. The zero-order chi connectivity index (χ0) is 18.6. The zero-order valence-electron chi connectivity index (χ0n) is 16.0. The van der Waals surface area contributed by atoms with Gasteiger partial charge in [0, 0.05) is 32.6 Å². The van der Waals surface area contributed by atoms with Crippen LogP contribution in [0.5, 0.6) is 0 Å². The van der Waals surface area contributed by atoms with Crippen LogP contribution in [-0.2, 0) is 24.9 Å². The third-order valence-corrected chi connectivity index (χ3v) is 5.72. The van der Waals surface area contributed by atoms with Crippen LogP contribution in [0.1, 0.15) is 36.0 Å². The Hall–Kier alpha value is -1.83. The number of rotatable bonds is 5. The molecular formula is C20H28FN5O. The van der Waals surface area contributed by atoms with Crippen LogP contribution in [0, 0.1) is 5.82 Å². The first-order chi connectivity index (χ1) is 13.2. The summed E-state index contributed by atoms with van der Waals surface area (Å²) in [5, 5.41) is 8.97. The predicted octanol–water partition coefficient (Wildman–Crippen LogP) is 2.17. The molecule has 3 heterocycles. The van der Waals surface area contributed by atoms with Crippen LogP contribution in [0.2, 0.25) is 0 Å². The monoisotopic (exact) mass is 373 g/mol. The molecule has 2 aromatic rings. The second kappa shape index (κ2) is 8.46. The molecule has 146 valence electrons. The van der Waals surface area contributed by atoms with Crippen LogP contribution in [0.4, 0.5) is 4.39 Å². The molecule has 0 bridgehead atoms. The van der Waals surface area contributed by atoms with Crippen molar-refractivity contribution >= 4 is 0 Å². The smallest absolute Gasteiger partial charge is 0.146 e. The van der Waals surface area contributed by atoms with Crippen LogP contribution >= 0.6 is 0 Å². The minimum absolute atomic E-state index is 0.158. The topological polar surface area (TPSA) is 46.4 Å². The van der Waals surface area contributed by atoms with Gasteiger partial charge in [0.05, 0.1) is 19.8 Å². The Labute approximate surface area is 159 Å². The molecule has 2 fully saturated rings. The molecule has 0 amide bonds. The highest BCUT2D eigenvalue weighted by Crippen LogP contribution is 2.27. The fourth-order valence-corrected chi connectivity index (χ4v) is 4.07. The van der Waals surface area contributed by atoms with Crippen molar-refractivity contribution in [3.05, 3.63) is 47.3 Å². The Balaban J connectivity index is 1.33. The van der Waals surface area contributed by atoms with E-state index in [1.807, 2.05) is 6.07 Å². The van der Waals surface area contributed by atoms with Gasteiger partial charge in [0.15, 0.2) is 0 Å². The number of aromatic nitrogens is 3. The van der Waals surface area contributed by atoms with Gasteiger partial charge in [0.1, 0.15) is 17.5 Å². The molecule has 0 saturated carbocycles. The first kappa shape index (κ1) is 18.5. The highest BCUT2D eigenvalue weighted by molar-refractivity contribution is 5.16.